The third-order valence-electron chi connectivity index (χ3n) is 3.20. The van der Waals surface area contributed by atoms with Crippen LogP contribution in [0.3, 0.4) is 0 Å². The van der Waals surface area contributed by atoms with Gasteiger partial charge in [0, 0.05) is 36.9 Å². The highest BCUT2D eigenvalue weighted by Crippen LogP contribution is 2.36. The van der Waals surface area contributed by atoms with Crippen LogP contribution in [0, 0.1) is 0 Å². The Morgan fingerprint density at radius 2 is 2.22 bits per heavy atom. The molecule has 1 aromatic carbocycles. The standard InChI is InChI=1S/C14H21NO2S/c1-17-9-7-15(6-8-16)11-13-10-12-4-2-3-5-14(12)18-13/h2-5,13,16H,6-11H2,1H3. The van der Waals surface area contributed by atoms with Gasteiger partial charge in [-0.3, -0.25) is 4.90 Å². The van der Waals surface area contributed by atoms with Crippen LogP contribution < -0.4 is 0 Å². The van der Waals surface area contributed by atoms with E-state index in [1.165, 1.54) is 10.5 Å². The summed E-state index contributed by atoms with van der Waals surface area (Å²) < 4.78 is 5.11. The van der Waals surface area contributed by atoms with Crippen LogP contribution in [0.25, 0.3) is 0 Å². The van der Waals surface area contributed by atoms with E-state index in [0.717, 1.165) is 32.7 Å². The fourth-order valence-corrected chi connectivity index (χ4v) is 3.67. The summed E-state index contributed by atoms with van der Waals surface area (Å²) in [5.74, 6) is 0. The Morgan fingerprint density at radius 3 is 2.94 bits per heavy atom. The zero-order chi connectivity index (χ0) is 12.8. The Bertz CT molecular complexity index is 348. The van der Waals surface area contributed by atoms with E-state index in [1.807, 2.05) is 11.8 Å². The van der Waals surface area contributed by atoms with Crippen molar-refractivity contribution in [3.8, 4) is 0 Å². The summed E-state index contributed by atoms with van der Waals surface area (Å²) in [5.41, 5.74) is 1.46. The number of rotatable bonds is 7. The summed E-state index contributed by atoms with van der Waals surface area (Å²) >= 11 is 1.96. The van der Waals surface area contributed by atoms with E-state index < -0.39 is 0 Å². The number of thioether (sulfide) groups is 1. The molecule has 1 aliphatic rings. The summed E-state index contributed by atoms with van der Waals surface area (Å²) in [7, 11) is 1.72. The van der Waals surface area contributed by atoms with Gasteiger partial charge in [-0.05, 0) is 18.1 Å². The molecule has 0 saturated carbocycles. The number of fused-ring (bicyclic) bond motifs is 1. The van der Waals surface area contributed by atoms with E-state index in [9.17, 15) is 0 Å². The monoisotopic (exact) mass is 267 g/mol. The summed E-state index contributed by atoms with van der Waals surface area (Å²) in [6.07, 6.45) is 1.13. The highest BCUT2D eigenvalue weighted by Gasteiger charge is 2.23. The number of ether oxygens (including phenoxy) is 1. The van der Waals surface area contributed by atoms with Gasteiger partial charge in [-0.1, -0.05) is 18.2 Å². The SMILES string of the molecule is COCCN(CCO)CC1Cc2ccccc2S1. The Labute approximate surface area is 113 Å². The number of hydrogen-bond donors (Lipinski definition) is 1. The summed E-state index contributed by atoms with van der Waals surface area (Å²) in [6, 6.07) is 8.63. The van der Waals surface area contributed by atoms with Gasteiger partial charge in [-0.2, -0.15) is 0 Å². The quantitative estimate of drug-likeness (QED) is 0.814. The summed E-state index contributed by atoms with van der Waals surface area (Å²) in [4.78, 5) is 3.70. The molecule has 100 valence electrons. The van der Waals surface area contributed by atoms with Crippen molar-refractivity contribution < 1.29 is 9.84 Å². The predicted molar refractivity (Wildman–Crippen MR) is 75.2 cm³/mol. The second kappa shape index (κ2) is 7.14. The van der Waals surface area contributed by atoms with Gasteiger partial charge >= 0.3 is 0 Å². The van der Waals surface area contributed by atoms with Crippen molar-refractivity contribution in [3.05, 3.63) is 29.8 Å². The largest absolute Gasteiger partial charge is 0.395 e. The van der Waals surface area contributed by atoms with E-state index in [0.29, 0.717) is 5.25 Å². The van der Waals surface area contributed by atoms with Crippen LogP contribution in [-0.2, 0) is 11.2 Å². The van der Waals surface area contributed by atoms with Crippen LogP contribution in [0.4, 0.5) is 0 Å². The molecule has 0 amide bonds. The van der Waals surface area contributed by atoms with Crippen molar-refractivity contribution in [2.45, 2.75) is 16.6 Å². The number of nitrogens with zero attached hydrogens (tertiary/aromatic N) is 1. The highest BCUT2D eigenvalue weighted by atomic mass is 32.2. The number of hydrogen-bond acceptors (Lipinski definition) is 4. The Morgan fingerprint density at radius 1 is 1.39 bits per heavy atom. The third-order valence-corrected chi connectivity index (χ3v) is 4.50. The lowest BCUT2D eigenvalue weighted by atomic mass is 10.1. The minimum absolute atomic E-state index is 0.216. The normalized spacial score (nSPS) is 18.3. The molecule has 1 aromatic rings. The molecule has 0 aliphatic carbocycles. The molecule has 1 unspecified atom stereocenters. The zero-order valence-electron chi connectivity index (χ0n) is 10.8. The predicted octanol–water partition coefficient (Wildman–Crippen LogP) is 1.64. The van der Waals surface area contributed by atoms with Crippen molar-refractivity contribution in [2.24, 2.45) is 0 Å². The smallest absolute Gasteiger partial charge is 0.0589 e. The topological polar surface area (TPSA) is 32.7 Å². The van der Waals surface area contributed by atoms with Gasteiger partial charge in [-0.15, -0.1) is 11.8 Å². The van der Waals surface area contributed by atoms with Crippen molar-refractivity contribution in [1.82, 2.24) is 4.90 Å². The first-order chi connectivity index (χ1) is 8.83. The lowest BCUT2D eigenvalue weighted by Crippen LogP contribution is -2.35. The van der Waals surface area contributed by atoms with Crippen LogP contribution >= 0.6 is 11.8 Å². The molecule has 0 aromatic heterocycles. The van der Waals surface area contributed by atoms with Gasteiger partial charge in [0.15, 0.2) is 0 Å². The van der Waals surface area contributed by atoms with Crippen molar-refractivity contribution in [2.75, 3.05) is 40.0 Å². The molecule has 3 nitrogen and oxygen atoms in total. The van der Waals surface area contributed by atoms with Crippen LogP contribution in [-0.4, -0.2) is 55.2 Å². The van der Waals surface area contributed by atoms with Gasteiger partial charge in [0.1, 0.15) is 0 Å². The van der Waals surface area contributed by atoms with Crippen LogP contribution in [0.15, 0.2) is 29.2 Å². The molecular formula is C14H21NO2S. The van der Waals surface area contributed by atoms with Gasteiger partial charge in [-0.25, -0.2) is 0 Å². The summed E-state index contributed by atoms with van der Waals surface area (Å²) in [5, 5.41) is 9.70. The number of aliphatic hydroxyl groups excluding tert-OH is 1. The molecule has 4 heteroatoms. The van der Waals surface area contributed by atoms with Gasteiger partial charge in [0.2, 0.25) is 0 Å². The Kier molecular flexibility index (Phi) is 5.50. The first-order valence-corrected chi connectivity index (χ1v) is 7.28. The Balaban J connectivity index is 1.86. The molecule has 2 rings (SSSR count). The average molecular weight is 267 g/mol. The molecule has 0 fully saturated rings. The summed E-state index contributed by atoms with van der Waals surface area (Å²) in [6.45, 7) is 3.59. The second-order valence-corrected chi connectivity index (χ2v) is 5.91. The third kappa shape index (κ3) is 3.72. The van der Waals surface area contributed by atoms with E-state index in [1.54, 1.807) is 7.11 Å². The van der Waals surface area contributed by atoms with Crippen LogP contribution in [0.5, 0.6) is 0 Å². The van der Waals surface area contributed by atoms with Gasteiger partial charge < -0.3 is 9.84 Å². The van der Waals surface area contributed by atoms with Crippen LogP contribution in [0.1, 0.15) is 5.56 Å². The molecule has 0 spiro atoms. The fraction of sp³-hybridized carbons (Fsp3) is 0.571. The second-order valence-electron chi connectivity index (χ2n) is 4.57. The van der Waals surface area contributed by atoms with Gasteiger partial charge in [0.25, 0.3) is 0 Å². The molecule has 1 N–H and O–H groups in total. The van der Waals surface area contributed by atoms with E-state index >= 15 is 0 Å². The highest BCUT2D eigenvalue weighted by molar-refractivity contribution is 8.00. The molecule has 0 bridgehead atoms. The fourth-order valence-electron chi connectivity index (χ4n) is 2.30. The van der Waals surface area contributed by atoms with Crippen molar-refractivity contribution in [3.63, 3.8) is 0 Å². The first kappa shape index (κ1) is 13.9. The maximum absolute atomic E-state index is 9.09. The molecule has 1 heterocycles. The number of aliphatic hydroxyl groups is 1. The van der Waals surface area contributed by atoms with Gasteiger partial charge in [0.05, 0.1) is 13.2 Å². The molecular weight excluding hydrogens is 246 g/mol. The lowest BCUT2D eigenvalue weighted by molar-refractivity contribution is 0.131. The zero-order valence-corrected chi connectivity index (χ0v) is 11.7. The molecule has 1 aliphatic heterocycles. The van der Waals surface area contributed by atoms with E-state index in [-0.39, 0.29) is 6.61 Å². The first-order valence-electron chi connectivity index (χ1n) is 6.40. The average Bonchev–Trinajstić information content (AvgIpc) is 2.78. The molecule has 1 atom stereocenters. The molecule has 0 saturated heterocycles. The van der Waals surface area contributed by atoms with E-state index in [4.69, 9.17) is 9.84 Å². The molecule has 0 radical (unpaired) electrons. The van der Waals surface area contributed by atoms with E-state index in [2.05, 4.69) is 29.2 Å². The lowest BCUT2D eigenvalue weighted by Gasteiger charge is -2.23. The number of methoxy groups -OCH3 is 1. The maximum Gasteiger partial charge on any atom is 0.0589 e. The minimum Gasteiger partial charge on any atom is -0.395 e. The van der Waals surface area contributed by atoms with Crippen molar-refractivity contribution in [1.29, 1.82) is 0 Å². The maximum atomic E-state index is 9.09. The Hall–Kier alpha value is -0.550. The van der Waals surface area contributed by atoms with Crippen molar-refractivity contribution >= 4 is 11.8 Å². The number of benzene rings is 1. The van der Waals surface area contributed by atoms with Crippen LogP contribution in [0.2, 0.25) is 0 Å². The minimum atomic E-state index is 0.216. The molecule has 18 heavy (non-hydrogen) atoms.